The standard InChI is InChI=1S/C15H26O/c1-6-11(2)7-9-13-10-8-12(3)14(16)15(13,4)5/h6,12-14,16H,1-2,7-10H2,3-5H3/t12?,13-,14+/m1/s1. The van der Waals surface area contributed by atoms with Crippen LogP contribution in [0.4, 0.5) is 0 Å². The summed E-state index contributed by atoms with van der Waals surface area (Å²) in [5, 5.41) is 10.3. The first-order valence-electron chi connectivity index (χ1n) is 6.38. The van der Waals surface area contributed by atoms with Gasteiger partial charge < -0.3 is 5.11 Å². The summed E-state index contributed by atoms with van der Waals surface area (Å²) in [6, 6.07) is 0. The van der Waals surface area contributed by atoms with Crippen molar-refractivity contribution in [3.63, 3.8) is 0 Å². The molecular weight excluding hydrogens is 196 g/mol. The van der Waals surface area contributed by atoms with Crippen molar-refractivity contribution in [3.05, 3.63) is 24.8 Å². The highest BCUT2D eigenvalue weighted by molar-refractivity contribution is 5.11. The summed E-state index contributed by atoms with van der Waals surface area (Å²) in [6.45, 7) is 14.3. The van der Waals surface area contributed by atoms with E-state index in [1.165, 1.54) is 6.42 Å². The highest BCUT2D eigenvalue weighted by Gasteiger charge is 2.42. The Morgan fingerprint density at radius 3 is 2.62 bits per heavy atom. The zero-order valence-corrected chi connectivity index (χ0v) is 11.0. The molecule has 1 heteroatoms. The topological polar surface area (TPSA) is 20.2 Å². The van der Waals surface area contributed by atoms with E-state index in [9.17, 15) is 5.11 Å². The SMILES string of the molecule is C=CC(=C)CC[C@@H]1CCC(C)[C@H](O)C1(C)C. The molecule has 1 rings (SSSR count). The molecule has 1 fully saturated rings. The lowest BCUT2D eigenvalue weighted by molar-refractivity contribution is -0.0656. The average molecular weight is 222 g/mol. The molecule has 3 atom stereocenters. The van der Waals surface area contributed by atoms with Gasteiger partial charge in [-0.2, -0.15) is 0 Å². The van der Waals surface area contributed by atoms with Crippen LogP contribution in [0.15, 0.2) is 24.8 Å². The molecular formula is C15H26O. The summed E-state index contributed by atoms with van der Waals surface area (Å²) >= 11 is 0. The Morgan fingerprint density at radius 2 is 2.06 bits per heavy atom. The van der Waals surface area contributed by atoms with Crippen LogP contribution in [0.2, 0.25) is 0 Å². The van der Waals surface area contributed by atoms with Crippen LogP contribution < -0.4 is 0 Å². The molecule has 0 amide bonds. The molecule has 1 unspecified atom stereocenters. The lowest BCUT2D eigenvalue weighted by atomic mass is 9.62. The van der Waals surface area contributed by atoms with Gasteiger partial charge in [-0.15, -0.1) is 0 Å². The van der Waals surface area contributed by atoms with Gasteiger partial charge in [0.2, 0.25) is 0 Å². The molecule has 0 heterocycles. The molecule has 0 aromatic carbocycles. The fourth-order valence-electron chi connectivity index (χ4n) is 2.95. The van der Waals surface area contributed by atoms with Crippen LogP contribution in [0, 0.1) is 17.3 Å². The fraction of sp³-hybridized carbons (Fsp3) is 0.733. The molecule has 92 valence electrons. The van der Waals surface area contributed by atoms with Crippen molar-refractivity contribution in [2.24, 2.45) is 17.3 Å². The Balaban J connectivity index is 2.60. The summed E-state index contributed by atoms with van der Waals surface area (Å²) in [5.41, 5.74) is 1.16. The van der Waals surface area contributed by atoms with Crippen LogP contribution in [0.25, 0.3) is 0 Å². The largest absolute Gasteiger partial charge is 0.392 e. The minimum Gasteiger partial charge on any atom is -0.392 e. The van der Waals surface area contributed by atoms with E-state index in [4.69, 9.17) is 0 Å². The van der Waals surface area contributed by atoms with Gasteiger partial charge in [-0.05, 0) is 42.9 Å². The van der Waals surface area contributed by atoms with Crippen molar-refractivity contribution in [2.75, 3.05) is 0 Å². The van der Waals surface area contributed by atoms with E-state index in [1.807, 2.05) is 6.08 Å². The predicted octanol–water partition coefficient (Wildman–Crippen LogP) is 3.94. The second-order valence-electron chi connectivity index (χ2n) is 5.92. The van der Waals surface area contributed by atoms with E-state index in [1.54, 1.807) is 0 Å². The van der Waals surface area contributed by atoms with E-state index in [0.29, 0.717) is 11.8 Å². The Morgan fingerprint density at radius 1 is 1.44 bits per heavy atom. The third-order valence-electron chi connectivity index (χ3n) is 4.43. The molecule has 1 aliphatic rings. The van der Waals surface area contributed by atoms with Crippen LogP contribution in [0.3, 0.4) is 0 Å². The van der Waals surface area contributed by atoms with Crippen LogP contribution in [-0.4, -0.2) is 11.2 Å². The second-order valence-corrected chi connectivity index (χ2v) is 5.92. The van der Waals surface area contributed by atoms with Gasteiger partial charge in [0, 0.05) is 0 Å². The van der Waals surface area contributed by atoms with Gasteiger partial charge >= 0.3 is 0 Å². The van der Waals surface area contributed by atoms with Crippen molar-refractivity contribution in [2.45, 2.75) is 52.6 Å². The van der Waals surface area contributed by atoms with Gasteiger partial charge in [0.05, 0.1) is 6.10 Å². The predicted molar refractivity (Wildman–Crippen MR) is 70.2 cm³/mol. The molecule has 0 bridgehead atoms. The first-order valence-corrected chi connectivity index (χ1v) is 6.38. The van der Waals surface area contributed by atoms with Crippen molar-refractivity contribution < 1.29 is 5.11 Å². The summed E-state index contributed by atoms with van der Waals surface area (Å²) in [6.07, 6.45) is 6.20. The minimum atomic E-state index is -0.164. The second kappa shape index (κ2) is 5.18. The molecule has 0 saturated heterocycles. The van der Waals surface area contributed by atoms with Gasteiger partial charge in [-0.1, -0.05) is 45.6 Å². The van der Waals surface area contributed by atoms with E-state index in [0.717, 1.165) is 24.8 Å². The van der Waals surface area contributed by atoms with Gasteiger partial charge in [0.25, 0.3) is 0 Å². The molecule has 0 spiro atoms. The number of allylic oxidation sites excluding steroid dienone is 2. The summed E-state index contributed by atoms with van der Waals surface area (Å²) in [7, 11) is 0. The zero-order valence-electron chi connectivity index (χ0n) is 11.0. The molecule has 1 saturated carbocycles. The van der Waals surface area contributed by atoms with Crippen LogP contribution in [0.5, 0.6) is 0 Å². The maximum atomic E-state index is 10.3. The minimum absolute atomic E-state index is 0.0408. The van der Waals surface area contributed by atoms with E-state index in [-0.39, 0.29) is 11.5 Å². The number of hydrogen-bond acceptors (Lipinski definition) is 1. The third-order valence-corrected chi connectivity index (χ3v) is 4.43. The molecule has 0 radical (unpaired) electrons. The average Bonchev–Trinajstić information content (AvgIpc) is 2.24. The van der Waals surface area contributed by atoms with Gasteiger partial charge in [0.1, 0.15) is 0 Å². The molecule has 0 aliphatic heterocycles. The normalized spacial score (nSPS) is 33.4. The number of hydrogen-bond donors (Lipinski definition) is 1. The Bertz CT molecular complexity index is 265. The Hall–Kier alpha value is -0.560. The highest BCUT2D eigenvalue weighted by atomic mass is 16.3. The quantitative estimate of drug-likeness (QED) is 0.714. The van der Waals surface area contributed by atoms with E-state index >= 15 is 0 Å². The number of aliphatic hydroxyl groups is 1. The van der Waals surface area contributed by atoms with Crippen LogP contribution >= 0.6 is 0 Å². The molecule has 1 nitrogen and oxygen atoms in total. The lowest BCUT2D eigenvalue weighted by Gasteiger charge is -2.46. The van der Waals surface area contributed by atoms with E-state index in [2.05, 4.69) is 33.9 Å². The Labute approximate surface area is 100 Å². The smallest absolute Gasteiger partial charge is 0.0619 e. The van der Waals surface area contributed by atoms with Crippen LogP contribution in [0.1, 0.15) is 46.5 Å². The highest BCUT2D eigenvalue weighted by Crippen LogP contribution is 2.45. The zero-order chi connectivity index (χ0) is 12.3. The van der Waals surface area contributed by atoms with Crippen molar-refractivity contribution in [1.29, 1.82) is 0 Å². The van der Waals surface area contributed by atoms with E-state index < -0.39 is 0 Å². The van der Waals surface area contributed by atoms with Crippen LogP contribution in [-0.2, 0) is 0 Å². The third kappa shape index (κ3) is 2.76. The molecule has 16 heavy (non-hydrogen) atoms. The molecule has 0 aromatic heterocycles. The first kappa shape index (κ1) is 13.5. The van der Waals surface area contributed by atoms with Gasteiger partial charge in [0.15, 0.2) is 0 Å². The Kier molecular flexibility index (Phi) is 4.37. The fourth-order valence-corrected chi connectivity index (χ4v) is 2.95. The monoisotopic (exact) mass is 222 g/mol. The maximum Gasteiger partial charge on any atom is 0.0619 e. The summed E-state index contributed by atoms with van der Waals surface area (Å²) in [5.74, 6) is 1.05. The maximum absolute atomic E-state index is 10.3. The van der Waals surface area contributed by atoms with Gasteiger partial charge in [-0.3, -0.25) is 0 Å². The molecule has 1 N–H and O–H groups in total. The molecule has 0 aromatic rings. The number of rotatable bonds is 4. The number of aliphatic hydroxyl groups excluding tert-OH is 1. The van der Waals surface area contributed by atoms with Crippen molar-refractivity contribution in [1.82, 2.24) is 0 Å². The van der Waals surface area contributed by atoms with Gasteiger partial charge in [-0.25, -0.2) is 0 Å². The lowest BCUT2D eigenvalue weighted by Crippen LogP contribution is -2.44. The van der Waals surface area contributed by atoms with Crippen molar-refractivity contribution in [3.8, 4) is 0 Å². The van der Waals surface area contributed by atoms with Crippen molar-refractivity contribution >= 4 is 0 Å². The first-order chi connectivity index (χ1) is 7.39. The molecule has 1 aliphatic carbocycles. The summed E-state index contributed by atoms with van der Waals surface area (Å²) in [4.78, 5) is 0. The summed E-state index contributed by atoms with van der Waals surface area (Å²) < 4.78 is 0.